The van der Waals surface area contributed by atoms with Crippen LogP contribution in [0.4, 0.5) is 0 Å². The Morgan fingerprint density at radius 3 is 2.44 bits per heavy atom. The maximum Gasteiger partial charge on any atom is 0.241 e. The van der Waals surface area contributed by atoms with Gasteiger partial charge in [0.15, 0.2) is 0 Å². The third kappa shape index (κ3) is 4.35. The minimum absolute atomic E-state index is 0.139. The van der Waals surface area contributed by atoms with Crippen LogP contribution in [0.1, 0.15) is 30.0 Å². The predicted molar refractivity (Wildman–Crippen MR) is 76.4 cm³/mol. The molecule has 1 unspecified atom stereocenters. The van der Waals surface area contributed by atoms with Crippen LogP contribution >= 0.6 is 11.3 Å². The largest absolute Gasteiger partial charge is 0.327 e. The van der Waals surface area contributed by atoms with E-state index in [1.165, 1.54) is 11.3 Å². The van der Waals surface area contributed by atoms with Crippen molar-refractivity contribution in [2.45, 2.75) is 45.1 Å². The highest BCUT2D eigenvalue weighted by Crippen LogP contribution is 2.24. The van der Waals surface area contributed by atoms with Gasteiger partial charge in [-0.2, -0.15) is 0 Å². The summed E-state index contributed by atoms with van der Waals surface area (Å²) in [6.45, 7) is 8.15. The molecular weight excluding hydrogens is 268 g/mol. The molecule has 104 valence electrons. The zero-order valence-electron chi connectivity index (χ0n) is 11.4. The fourth-order valence-corrected chi connectivity index (χ4v) is 4.50. The molecule has 0 aromatic carbocycles. The summed E-state index contributed by atoms with van der Waals surface area (Å²) < 4.78 is 26.8. The van der Waals surface area contributed by atoms with Crippen molar-refractivity contribution < 1.29 is 8.42 Å². The van der Waals surface area contributed by atoms with Gasteiger partial charge in [-0.3, -0.25) is 0 Å². The Hall–Kier alpha value is -0.430. The molecule has 0 amide bonds. The van der Waals surface area contributed by atoms with E-state index in [1.54, 1.807) is 6.07 Å². The van der Waals surface area contributed by atoms with E-state index in [0.717, 1.165) is 16.2 Å². The molecule has 3 N–H and O–H groups in total. The summed E-state index contributed by atoms with van der Waals surface area (Å²) in [5.74, 6) is 0.467. The fraction of sp³-hybridized carbons (Fsp3) is 0.667. The number of thiophene rings is 1. The zero-order chi connectivity index (χ0) is 13.9. The van der Waals surface area contributed by atoms with Crippen molar-refractivity contribution >= 4 is 21.4 Å². The fourth-order valence-electron chi connectivity index (χ4n) is 1.86. The molecule has 0 spiro atoms. The van der Waals surface area contributed by atoms with Crippen LogP contribution in [-0.4, -0.2) is 21.0 Å². The molecule has 1 rings (SSSR count). The predicted octanol–water partition coefficient (Wildman–Crippen LogP) is 2.02. The Morgan fingerprint density at radius 2 is 2.00 bits per heavy atom. The van der Waals surface area contributed by atoms with E-state index in [0.29, 0.717) is 10.8 Å². The first-order chi connectivity index (χ1) is 8.22. The molecule has 0 aliphatic heterocycles. The third-order valence-electron chi connectivity index (χ3n) is 2.59. The topological polar surface area (TPSA) is 72.2 Å². The van der Waals surface area contributed by atoms with Gasteiger partial charge in [-0.1, -0.05) is 13.8 Å². The summed E-state index contributed by atoms with van der Waals surface area (Å²) in [5, 5.41) is 0. The molecule has 1 aromatic heterocycles. The molecule has 0 saturated heterocycles. The average Bonchev–Trinajstić information content (AvgIpc) is 2.55. The molecule has 0 saturated carbocycles. The number of hydrogen-bond donors (Lipinski definition) is 2. The molecule has 6 heteroatoms. The van der Waals surface area contributed by atoms with E-state index >= 15 is 0 Å². The summed E-state index contributed by atoms with van der Waals surface area (Å²) >= 11 is 1.49. The summed E-state index contributed by atoms with van der Waals surface area (Å²) in [6.07, 6.45) is 0.810. The van der Waals surface area contributed by atoms with Gasteiger partial charge in [0.2, 0.25) is 10.0 Å². The number of hydrogen-bond acceptors (Lipinski definition) is 4. The summed E-state index contributed by atoms with van der Waals surface area (Å²) in [5.41, 5.74) is 5.88. The first-order valence-electron chi connectivity index (χ1n) is 6.04. The van der Waals surface area contributed by atoms with Crippen LogP contribution in [0.5, 0.6) is 0 Å². The van der Waals surface area contributed by atoms with Crippen LogP contribution in [0.15, 0.2) is 11.0 Å². The minimum Gasteiger partial charge on any atom is -0.327 e. The first kappa shape index (κ1) is 15.6. The maximum atomic E-state index is 12.1. The molecule has 1 aromatic rings. The minimum atomic E-state index is -3.42. The van der Waals surface area contributed by atoms with Crippen molar-refractivity contribution in [2.75, 3.05) is 6.54 Å². The van der Waals surface area contributed by atoms with E-state index in [4.69, 9.17) is 5.73 Å². The lowest BCUT2D eigenvalue weighted by Gasteiger charge is -2.14. The summed E-state index contributed by atoms with van der Waals surface area (Å²) in [4.78, 5) is 2.19. The Labute approximate surface area is 114 Å². The van der Waals surface area contributed by atoms with Crippen LogP contribution in [-0.2, 0) is 10.0 Å². The standard InChI is InChI=1S/C12H22N2O2S2/c1-8(2)5-11(13)7-14-18(15,16)12-6-9(3)17-10(12)4/h6,8,11,14H,5,7,13H2,1-4H3. The van der Waals surface area contributed by atoms with Gasteiger partial charge in [-0.25, -0.2) is 13.1 Å². The van der Waals surface area contributed by atoms with Gasteiger partial charge in [0.25, 0.3) is 0 Å². The highest BCUT2D eigenvalue weighted by atomic mass is 32.2. The van der Waals surface area contributed by atoms with Crippen molar-refractivity contribution in [2.24, 2.45) is 11.7 Å². The van der Waals surface area contributed by atoms with Crippen molar-refractivity contribution in [1.29, 1.82) is 0 Å². The van der Waals surface area contributed by atoms with E-state index in [2.05, 4.69) is 18.6 Å². The van der Waals surface area contributed by atoms with E-state index < -0.39 is 10.0 Å². The molecule has 0 bridgehead atoms. The smallest absolute Gasteiger partial charge is 0.241 e. The molecule has 0 radical (unpaired) electrons. The van der Waals surface area contributed by atoms with Gasteiger partial charge in [-0.15, -0.1) is 11.3 Å². The highest BCUT2D eigenvalue weighted by Gasteiger charge is 2.19. The Balaban J connectivity index is 2.69. The monoisotopic (exact) mass is 290 g/mol. The molecule has 1 atom stereocenters. The van der Waals surface area contributed by atoms with Crippen molar-refractivity contribution in [3.8, 4) is 0 Å². The van der Waals surface area contributed by atoms with E-state index in [-0.39, 0.29) is 12.6 Å². The molecular formula is C12H22N2O2S2. The van der Waals surface area contributed by atoms with Crippen LogP contribution in [0.2, 0.25) is 0 Å². The van der Waals surface area contributed by atoms with Crippen molar-refractivity contribution in [3.63, 3.8) is 0 Å². The van der Waals surface area contributed by atoms with Crippen molar-refractivity contribution in [3.05, 3.63) is 15.8 Å². The number of sulfonamides is 1. The maximum absolute atomic E-state index is 12.1. The molecule has 18 heavy (non-hydrogen) atoms. The Kier molecular flexibility index (Phi) is 5.33. The van der Waals surface area contributed by atoms with Crippen LogP contribution in [0, 0.1) is 19.8 Å². The number of nitrogens with one attached hydrogen (secondary N) is 1. The lowest BCUT2D eigenvalue weighted by Crippen LogP contribution is -2.38. The van der Waals surface area contributed by atoms with Gasteiger partial charge in [0, 0.05) is 22.3 Å². The SMILES string of the molecule is Cc1cc(S(=O)(=O)NCC(N)CC(C)C)c(C)s1. The van der Waals surface area contributed by atoms with E-state index in [9.17, 15) is 8.42 Å². The Bertz CT molecular complexity index is 492. The van der Waals surface area contributed by atoms with E-state index in [1.807, 2.05) is 13.8 Å². The number of rotatable bonds is 6. The number of aryl methyl sites for hydroxylation is 2. The van der Waals surface area contributed by atoms with Gasteiger partial charge < -0.3 is 5.73 Å². The normalized spacial score (nSPS) is 14.1. The first-order valence-corrected chi connectivity index (χ1v) is 8.34. The Morgan fingerprint density at radius 1 is 1.39 bits per heavy atom. The second kappa shape index (κ2) is 6.14. The lowest BCUT2D eigenvalue weighted by molar-refractivity contribution is 0.486. The van der Waals surface area contributed by atoms with Crippen LogP contribution in [0.3, 0.4) is 0 Å². The molecule has 0 aliphatic carbocycles. The third-order valence-corrected chi connectivity index (χ3v) is 5.24. The summed E-state index contributed by atoms with van der Waals surface area (Å²) in [6, 6.07) is 1.57. The molecule has 0 aliphatic rings. The number of nitrogens with two attached hydrogens (primary N) is 1. The second-order valence-electron chi connectivity index (χ2n) is 5.02. The van der Waals surface area contributed by atoms with Gasteiger partial charge >= 0.3 is 0 Å². The van der Waals surface area contributed by atoms with Gasteiger partial charge in [-0.05, 0) is 32.3 Å². The summed E-state index contributed by atoms with van der Waals surface area (Å²) in [7, 11) is -3.42. The van der Waals surface area contributed by atoms with Crippen LogP contribution < -0.4 is 10.5 Å². The van der Waals surface area contributed by atoms with Crippen LogP contribution in [0.25, 0.3) is 0 Å². The molecule has 4 nitrogen and oxygen atoms in total. The average molecular weight is 290 g/mol. The lowest BCUT2D eigenvalue weighted by atomic mass is 10.1. The van der Waals surface area contributed by atoms with Gasteiger partial charge in [0.1, 0.15) is 0 Å². The molecule has 0 fully saturated rings. The second-order valence-corrected chi connectivity index (χ2v) is 8.21. The molecule has 1 heterocycles. The van der Waals surface area contributed by atoms with Crippen molar-refractivity contribution in [1.82, 2.24) is 4.72 Å². The quantitative estimate of drug-likeness (QED) is 0.842. The zero-order valence-corrected chi connectivity index (χ0v) is 13.0. The highest BCUT2D eigenvalue weighted by molar-refractivity contribution is 7.89. The van der Waals surface area contributed by atoms with Gasteiger partial charge in [0.05, 0.1) is 4.90 Å².